The lowest BCUT2D eigenvalue weighted by Gasteiger charge is -2.33. The molecule has 24 heavy (non-hydrogen) atoms. The maximum atomic E-state index is 12.5. The van der Waals surface area contributed by atoms with E-state index in [9.17, 15) is 4.79 Å². The van der Waals surface area contributed by atoms with Crippen LogP contribution in [0.15, 0.2) is 24.3 Å². The van der Waals surface area contributed by atoms with Gasteiger partial charge in [-0.1, -0.05) is 25.1 Å². The van der Waals surface area contributed by atoms with E-state index in [0.717, 1.165) is 43.7 Å². The first-order valence-electron chi connectivity index (χ1n) is 8.88. The van der Waals surface area contributed by atoms with Gasteiger partial charge in [0, 0.05) is 36.2 Å². The molecule has 1 aliphatic rings. The molecule has 1 aromatic carbocycles. The maximum absolute atomic E-state index is 12.5. The van der Waals surface area contributed by atoms with E-state index in [4.69, 9.17) is 0 Å². The summed E-state index contributed by atoms with van der Waals surface area (Å²) in [7, 11) is 1.86. The number of fused-ring (bicyclic) bond motifs is 1. The van der Waals surface area contributed by atoms with Crippen molar-refractivity contribution < 1.29 is 4.79 Å². The Morgan fingerprint density at radius 3 is 2.96 bits per heavy atom. The number of urea groups is 1. The summed E-state index contributed by atoms with van der Waals surface area (Å²) in [5, 5.41) is 4.42. The summed E-state index contributed by atoms with van der Waals surface area (Å²) in [5.74, 6) is 0. The second kappa shape index (κ2) is 7.26. The molecule has 0 radical (unpaired) electrons. The van der Waals surface area contributed by atoms with Crippen molar-refractivity contribution in [2.24, 2.45) is 0 Å². The van der Waals surface area contributed by atoms with Gasteiger partial charge in [-0.3, -0.25) is 0 Å². The third-order valence-corrected chi connectivity index (χ3v) is 5.09. The molecule has 130 valence electrons. The van der Waals surface area contributed by atoms with Crippen molar-refractivity contribution in [2.45, 2.75) is 39.3 Å². The average Bonchev–Trinajstić information content (AvgIpc) is 2.91. The summed E-state index contributed by atoms with van der Waals surface area (Å²) in [6.45, 7) is 8.04. The number of amides is 2. The quantitative estimate of drug-likeness (QED) is 0.906. The number of piperidine rings is 1. The molecule has 2 heterocycles. The highest BCUT2D eigenvalue weighted by atomic mass is 16.2. The predicted octanol–water partition coefficient (Wildman–Crippen LogP) is 3.10. The molecule has 3 rings (SSSR count). The van der Waals surface area contributed by atoms with Crippen LogP contribution >= 0.6 is 0 Å². The fourth-order valence-corrected chi connectivity index (χ4v) is 3.55. The zero-order valence-electron chi connectivity index (χ0n) is 14.9. The van der Waals surface area contributed by atoms with Gasteiger partial charge in [0.1, 0.15) is 0 Å². The number of hydrogen-bond acceptors (Lipinski definition) is 2. The molecule has 0 saturated carbocycles. The number of aromatic amines is 1. The van der Waals surface area contributed by atoms with Crippen molar-refractivity contribution in [2.75, 3.05) is 26.7 Å². The standard InChI is InChI=1S/C19H28N4O/c1-4-23-11-7-8-15(12-23)20-19(24)22(3)13-18-14(2)16-9-5-6-10-17(16)21-18/h5-6,9-10,15,21H,4,7-8,11-13H2,1-3H3,(H,20,24). The van der Waals surface area contributed by atoms with Gasteiger partial charge in [0.25, 0.3) is 0 Å². The van der Waals surface area contributed by atoms with Gasteiger partial charge in [0.15, 0.2) is 0 Å². The minimum absolute atomic E-state index is 0.0102. The Balaban J connectivity index is 1.62. The molecule has 0 bridgehead atoms. The van der Waals surface area contributed by atoms with Gasteiger partial charge >= 0.3 is 6.03 Å². The SMILES string of the molecule is CCN1CCCC(NC(=O)N(C)Cc2[nH]c3ccccc3c2C)C1. The van der Waals surface area contributed by atoms with E-state index in [1.54, 1.807) is 4.90 Å². The maximum Gasteiger partial charge on any atom is 0.317 e. The summed E-state index contributed by atoms with van der Waals surface area (Å²) in [6, 6.07) is 8.54. The van der Waals surface area contributed by atoms with Crippen molar-refractivity contribution in [3.05, 3.63) is 35.5 Å². The number of H-pyrrole nitrogens is 1. The van der Waals surface area contributed by atoms with Crippen molar-refractivity contribution in [1.82, 2.24) is 20.1 Å². The number of nitrogens with zero attached hydrogens (tertiary/aromatic N) is 2. The molecule has 0 aliphatic carbocycles. The Hall–Kier alpha value is -2.01. The molecule has 5 nitrogen and oxygen atoms in total. The van der Waals surface area contributed by atoms with Crippen LogP contribution in [0.3, 0.4) is 0 Å². The number of nitrogens with one attached hydrogen (secondary N) is 2. The normalized spacial score (nSPS) is 18.7. The van der Waals surface area contributed by atoms with Crippen LogP contribution in [0.4, 0.5) is 4.79 Å². The van der Waals surface area contributed by atoms with Crippen LogP contribution in [0, 0.1) is 6.92 Å². The van der Waals surface area contributed by atoms with Gasteiger partial charge < -0.3 is 20.1 Å². The third kappa shape index (κ3) is 3.56. The molecule has 1 unspecified atom stereocenters. The Morgan fingerprint density at radius 1 is 1.42 bits per heavy atom. The Kier molecular flexibility index (Phi) is 5.09. The number of carbonyl (C=O) groups excluding carboxylic acids is 1. The highest BCUT2D eigenvalue weighted by Crippen LogP contribution is 2.22. The molecule has 1 atom stereocenters. The van der Waals surface area contributed by atoms with Gasteiger partial charge in [-0.15, -0.1) is 0 Å². The van der Waals surface area contributed by atoms with Gasteiger partial charge in [-0.25, -0.2) is 4.79 Å². The average molecular weight is 328 g/mol. The molecule has 1 fully saturated rings. The number of carbonyl (C=O) groups is 1. The van der Waals surface area contributed by atoms with Crippen LogP contribution in [0.2, 0.25) is 0 Å². The fourth-order valence-electron chi connectivity index (χ4n) is 3.55. The van der Waals surface area contributed by atoms with Crippen LogP contribution < -0.4 is 5.32 Å². The number of aryl methyl sites for hydroxylation is 1. The third-order valence-electron chi connectivity index (χ3n) is 5.09. The number of para-hydroxylation sites is 1. The van der Waals surface area contributed by atoms with Crippen LogP contribution in [-0.4, -0.2) is 53.5 Å². The topological polar surface area (TPSA) is 51.4 Å². The minimum atomic E-state index is 0.0102. The van der Waals surface area contributed by atoms with E-state index in [1.165, 1.54) is 10.9 Å². The van der Waals surface area contributed by atoms with Crippen LogP contribution in [-0.2, 0) is 6.54 Å². The van der Waals surface area contributed by atoms with Gasteiger partial charge in [-0.2, -0.15) is 0 Å². The largest absolute Gasteiger partial charge is 0.357 e. The molecule has 1 saturated heterocycles. The lowest BCUT2D eigenvalue weighted by atomic mass is 10.1. The van der Waals surface area contributed by atoms with Gasteiger partial charge in [-0.05, 0) is 44.5 Å². The zero-order chi connectivity index (χ0) is 17.1. The van der Waals surface area contributed by atoms with E-state index in [0.29, 0.717) is 6.54 Å². The molecule has 1 aromatic heterocycles. The van der Waals surface area contributed by atoms with Gasteiger partial charge in [0.05, 0.1) is 6.54 Å². The second-order valence-corrected chi connectivity index (χ2v) is 6.81. The number of rotatable bonds is 4. The fraction of sp³-hybridized carbons (Fsp3) is 0.526. The molecule has 5 heteroatoms. The first kappa shape index (κ1) is 16.8. The van der Waals surface area contributed by atoms with E-state index < -0.39 is 0 Å². The first-order valence-corrected chi connectivity index (χ1v) is 8.88. The molecule has 2 N–H and O–H groups in total. The smallest absolute Gasteiger partial charge is 0.317 e. The number of benzene rings is 1. The highest BCUT2D eigenvalue weighted by Gasteiger charge is 2.22. The van der Waals surface area contributed by atoms with Crippen molar-refractivity contribution in [1.29, 1.82) is 0 Å². The van der Waals surface area contributed by atoms with Gasteiger partial charge in [0.2, 0.25) is 0 Å². The Morgan fingerprint density at radius 2 is 2.21 bits per heavy atom. The van der Waals surface area contributed by atoms with Crippen LogP contribution in [0.5, 0.6) is 0 Å². The zero-order valence-corrected chi connectivity index (χ0v) is 14.9. The van der Waals surface area contributed by atoms with Crippen LogP contribution in [0.1, 0.15) is 31.0 Å². The van der Waals surface area contributed by atoms with E-state index >= 15 is 0 Å². The van der Waals surface area contributed by atoms with E-state index in [1.807, 2.05) is 19.2 Å². The van der Waals surface area contributed by atoms with Crippen molar-refractivity contribution in [3.8, 4) is 0 Å². The predicted molar refractivity (Wildman–Crippen MR) is 98.2 cm³/mol. The summed E-state index contributed by atoms with van der Waals surface area (Å²) in [6.07, 6.45) is 2.23. The summed E-state index contributed by atoms with van der Waals surface area (Å²) in [4.78, 5) is 20.1. The summed E-state index contributed by atoms with van der Waals surface area (Å²) < 4.78 is 0. The first-order chi connectivity index (χ1) is 11.6. The molecule has 2 amide bonds. The summed E-state index contributed by atoms with van der Waals surface area (Å²) in [5.41, 5.74) is 3.46. The Bertz CT molecular complexity index is 708. The molecule has 2 aromatic rings. The minimum Gasteiger partial charge on any atom is -0.357 e. The highest BCUT2D eigenvalue weighted by molar-refractivity contribution is 5.84. The lowest BCUT2D eigenvalue weighted by molar-refractivity contribution is 0.175. The van der Waals surface area contributed by atoms with E-state index in [2.05, 4.69) is 41.2 Å². The lowest BCUT2D eigenvalue weighted by Crippen LogP contribution is -2.50. The van der Waals surface area contributed by atoms with Crippen molar-refractivity contribution in [3.63, 3.8) is 0 Å². The monoisotopic (exact) mass is 328 g/mol. The van der Waals surface area contributed by atoms with Crippen molar-refractivity contribution >= 4 is 16.9 Å². The summed E-state index contributed by atoms with van der Waals surface area (Å²) >= 11 is 0. The molecule has 1 aliphatic heterocycles. The second-order valence-electron chi connectivity index (χ2n) is 6.81. The number of hydrogen-bond donors (Lipinski definition) is 2. The van der Waals surface area contributed by atoms with Crippen LogP contribution in [0.25, 0.3) is 10.9 Å². The Labute approximate surface area is 144 Å². The number of likely N-dealkylation sites (N-methyl/N-ethyl adjacent to an activating group) is 1. The molecular weight excluding hydrogens is 300 g/mol. The van der Waals surface area contributed by atoms with E-state index in [-0.39, 0.29) is 12.1 Å². The molecule has 0 spiro atoms. The number of aromatic nitrogens is 1. The molecular formula is C19H28N4O. The number of likely N-dealkylation sites (tertiary alicyclic amines) is 1.